The van der Waals surface area contributed by atoms with Crippen molar-refractivity contribution in [2.45, 2.75) is 71.5 Å². The Balaban J connectivity index is 0.00000261. The Labute approximate surface area is 178 Å². The summed E-state index contributed by atoms with van der Waals surface area (Å²) >= 11 is 0. The minimum atomic E-state index is 0. The van der Waals surface area contributed by atoms with Gasteiger partial charge in [0, 0.05) is 19.0 Å². The van der Waals surface area contributed by atoms with Crippen LogP contribution in [0.4, 0.5) is 0 Å². The highest BCUT2D eigenvalue weighted by Gasteiger charge is 2.18. The van der Waals surface area contributed by atoms with Crippen molar-refractivity contribution in [3.05, 3.63) is 35.8 Å². The molecule has 2 aromatic rings. The van der Waals surface area contributed by atoms with Crippen LogP contribution in [0.2, 0.25) is 0 Å². The maximum Gasteiger partial charge on any atom is 0.192 e. The SMILES string of the molecule is CCc1nncn1CCN=C(NC1CCCC1)NC(C)c1ccc(C)o1.I. The van der Waals surface area contributed by atoms with Gasteiger partial charge in [0.2, 0.25) is 0 Å². The zero-order valence-corrected chi connectivity index (χ0v) is 18.8. The molecule has 1 aliphatic rings. The van der Waals surface area contributed by atoms with Gasteiger partial charge < -0.3 is 19.6 Å². The third kappa shape index (κ3) is 6.22. The van der Waals surface area contributed by atoms with Gasteiger partial charge in [-0.05, 0) is 38.8 Å². The number of aryl methyl sites for hydroxylation is 2. The molecule has 2 N–H and O–H groups in total. The van der Waals surface area contributed by atoms with Gasteiger partial charge in [-0.2, -0.15) is 0 Å². The van der Waals surface area contributed by atoms with E-state index in [1.165, 1.54) is 25.7 Å². The first kappa shape index (κ1) is 21.7. The van der Waals surface area contributed by atoms with E-state index in [0.717, 1.165) is 36.3 Å². The number of aromatic nitrogens is 3. The van der Waals surface area contributed by atoms with E-state index in [4.69, 9.17) is 9.41 Å². The monoisotopic (exact) mass is 486 g/mol. The predicted molar refractivity (Wildman–Crippen MR) is 118 cm³/mol. The Morgan fingerprint density at radius 2 is 2.15 bits per heavy atom. The highest BCUT2D eigenvalue weighted by atomic mass is 127. The molecule has 8 heteroatoms. The Bertz CT molecular complexity index is 719. The van der Waals surface area contributed by atoms with Crippen LogP contribution >= 0.6 is 24.0 Å². The van der Waals surface area contributed by atoms with Gasteiger partial charge in [0.25, 0.3) is 0 Å². The second-order valence-corrected chi connectivity index (χ2v) is 6.96. The van der Waals surface area contributed by atoms with Crippen LogP contribution in [-0.2, 0) is 13.0 Å². The van der Waals surface area contributed by atoms with Crippen molar-refractivity contribution in [3.8, 4) is 0 Å². The summed E-state index contributed by atoms with van der Waals surface area (Å²) in [6, 6.07) is 4.59. The first-order valence-electron chi connectivity index (χ1n) is 9.66. The molecule has 2 heterocycles. The van der Waals surface area contributed by atoms with Gasteiger partial charge in [-0.1, -0.05) is 19.8 Å². The summed E-state index contributed by atoms with van der Waals surface area (Å²) < 4.78 is 7.81. The van der Waals surface area contributed by atoms with Gasteiger partial charge in [0.05, 0.1) is 12.6 Å². The summed E-state index contributed by atoms with van der Waals surface area (Å²) in [5.74, 6) is 3.70. The zero-order valence-electron chi connectivity index (χ0n) is 16.4. The van der Waals surface area contributed by atoms with Gasteiger partial charge in [-0.25, -0.2) is 0 Å². The molecule has 27 heavy (non-hydrogen) atoms. The predicted octanol–water partition coefficient (Wildman–Crippen LogP) is 3.60. The van der Waals surface area contributed by atoms with E-state index in [0.29, 0.717) is 12.6 Å². The average molecular weight is 486 g/mol. The Kier molecular flexibility index (Phi) is 8.59. The Hall–Kier alpha value is -1.58. The lowest BCUT2D eigenvalue weighted by Gasteiger charge is -2.20. The lowest BCUT2D eigenvalue weighted by molar-refractivity contribution is 0.439. The summed E-state index contributed by atoms with van der Waals surface area (Å²) in [6.07, 6.45) is 7.65. The van der Waals surface area contributed by atoms with Crippen LogP contribution in [0.25, 0.3) is 0 Å². The van der Waals surface area contributed by atoms with E-state index in [2.05, 4.69) is 39.2 Å². The van der Waals surface area contributed by atoms with Crippen molar-refractivity contribution in [1.29, 1.82) is 0 Å². The van der Waals surface area contributed by atoms with Gasteiger partial charge in [0.15, 0.2) is 5.96 Å². The minimum absolute atomic E-state index is 0. The molecule has 1 saturated carbocycles. The third-order valence-corrected chi connectivity index (χ3v) is 4.86. The van der Waals surface area contributed by atoms with Crippen LogP contribution in [-0.4, -0.2) is 33.3 Å². The minimum Gasteiger partial charge on any atom is -0.464 e. The van der Waals surface area contributed by atoms with E-state index in [9.17, 15) is 0 Å². The van der Waals surface area contributed by atoms with Crippen molar-refractivity contribution >= 4 is 29.9 Å². The van der Waals surface area contributed by atoms with Gasteiger partial charge >= 0.3 is 0 Å². The average Bonchev–Trinajstić information content (AvgIpc) is 3.36. The second kappa shape index (κ2) is 10.7. The van der Waals surface area contributed by atoms with E-state index in [1.54, 1.807) is 6.33 Å². The molecule has 150 valence electrons. The fourth-order valence-electron chi connectivity index (χ4n) is 3.37. The summed E-state index contributed by atoms with van der Waals surface area (Å²) in [7, 11) is 0. The molecule has 1 aliphatic carbocycles. The fraction of sp³-hybridized carbons (Fsp3) is 0.632. The summed E-state index contributed by atoms with van der Waals surface area (Å²) in [6.45, 7) is 7.61. The molecule has 0 radical (unpaired) electrons. The summed E-state index contributed by atoms with van der Waals surface area (Å²) in [5.41, 5.74) is 0. The molecule has 3 rings (SSSR count). The number of hydrogen-bond acceptors (Lipinski definition) is 4. The van der Waals surface area contributed by atoms with E-state index >= 15 is 0 Å². The molecule has 1 unspecified atom stereocenters. The standard InChI is InChI=1S/C19H30N6O.HI/c1-4-18-24-21-13-25(18)12-11-20-19(23-16-7-5-6-8-16)22-15(3)17-10-9-14(2)26-17;/h9-10,13,15-16H,4-8,11-12H2,1-3H3,(H2,20,22,23);1H. The van der Waals surface area contributed by atoms with Gasteiger partial charge in [0.1, 0.15) is 23.7 Å². The van der Waals surface area contributed by atoms with Crippen LogP contribution in [0.5, 0.6) is 0 Å². The number of nitrogens with one attached hydrogen (secondary N) is 2. The first-order valence-corrected chi connectivity index (χ1v) is 9.66. The molecule has 1 atom stereocenters. The number of nitrogens with zero attached hydrogens (tertiary/aromatic N) is 4. The topological polar surface area (TPSA) is 80.3 Å². The lowest BCUT2D eigenvalue weighted by Crippen LogP contribution is -2.43. The molecule has 2 aromatic heterocycles. The van der Waals surface area contributed by atoms with Crippen LogP contribution in [0.1, 0.15) is 62.9 Å². The van der Waals surface area contributed by atoms with E-state index in [-0.39, 0.29) is 30.0 Å². The maximum absolute atomic E-state index is 5.74. The molecular weight excluding hydrogens is 455 g/mol. The number of halogens is 1. The molecule has 0 amide bonds. The highest BCUT2D eigenvalue weighted by molar-refractivity contribution is 14.0. The molecular formula is C19H31IN6O. The smallest absolute Gasteiger partial charge is 0.192 e. The Morgan fingerprint density at radius 1 is 1.37 bits per heavy atom. The van der Waals surface area contributed by atoms with Crippen molar-refractivity contribution in [3.63, 3.8) is 0 Å². The van der Waals surface area contributed by atoms with E-state index in [1.807, 2.05) is 19.1 Å². The van der Waals surface area contributed by atoms with Crippen molar-refractivity contribution < 1.29 is 4.42 Å². The largest absolute Gasteiger partial charge is 0.464 e. The van der Waals surface area contributed by atoms with Crippen LogP contribution in [0.15, 0.2) is 27.9 Å². The van der Waals surface area contributed by atoms with Crippen LogP contribution in [0, 0.1) is 6.92 Å². The van der Waals surface area contributed by atoms with Crippen molar-refractivity contribution in [1.82, 2.24) is 25.4 Å². The van der Waals surface area contributed by atoms with Gasteiger partial charge in [-0.3, -0.25) is 4.99 Å². The third-order valence-electron chi connectivity index (χ3n) is 4.86. The molecule has 0 aromatic carbocycles. The summed E-state index contributed by atoms with van der Waals surface area (Å²) in [4.78, 5) is 4.79. The summed E-state index contributed by atoms with van der Waals surface area (Å²) in [5, 5.41) is 15.2. The van der Waals surface area contributed by atoms with Crippen LogP contribution < -0.4 is 10.6 Å². The number of aliphatic imine (C=N–C) groups is 1. The quantitative estimate of drug-likeness (QED) is 0.355. The first-order chi connectivity index (χ1) is 12.7. The molecule has 0 bridgehead atoms. The number of hydrogen-bond donors (Lipinski definition) is 2. The molecule has 0 spiro atoms. The Morgan fingerprint density at radius 3 is 2.81 bits per heavy atom. The van der Waals surface area contributed by atoms with E-state index < -0.39 is 0 Å². The number of furan rings is 1. The van der Waals surface area contributed by atoms with Crippen molar-refractivity contribution in [2.75, 3.05) is 6.54 Å². The van der Waals surface area contributed by atoms with Crippen molar-refractivity contribution in [2.24, 2.45) is 4.99 Å². The molecule has 1 fully saturated rings. The second-order valence-electron chi connectivity index (χ2n) is 6.96. The van der Waals surface area contributed by atoms with Crippen LogP contribution in [0.3, 0.4) is 0 Å². The number of guanidine groups is 1. The number of rotatable bonds is 7. The van der Waals surface area contributed by atoms with Gasteiger partial charge in [-0.15, -0.1) is 34.2 Å². The molecule has 0 aliphatic heterocycles. The molecule has 0 saturated heterocycles. The lowest BCUT2D eigenvalue weighted by atomic mass is 10.2. The highest BCUT2D eigenvalue weighted by Crippen LogP contribution is 2.18. The molecule has 7 nitrogen and oxygen atoms in total. The zero-order chi connectivity index (χ0) is 18.4. The maximum atomic E-state index is 5.74. The normalized spacial score (nSPS) is 16.2. The fourth-order valence-corrected chi connectivity index (χ4v) is 3.37.